The number of likely N-dealkylation sites (N-methyl/N-ethyl adjacent to an activating group) is 1. The zero-order valence-corrected chi connectivity index (χ0v) is 11.8. The van der Waals surface area contributed by atoms with Crippen molar-refractivity contribution in [3.63, 3.8) is 0 Å². The first kappa shape index (κ1) is 13.3. The van der Waals surface area contributed by atoms with Crippen molar-refractivity contribution < 1.29 is 4.74 Å². The summed E-state index contributed by atoms with van der Waals surface area (Å²) in [5, 5.41) is 7.35. The van der Waals surface area contributed by atoms with Crippen molar-refractivity contribution >= 4 is 17.5 Å². The van der Waals surface area contributed by atoms with Crippen LogP contribution in [-0.4, -0.2) is 51.5 Å². The van der Waals surface area contributed by atoms with Gasteiger partial charge in [-0.1, -0.05) is 11.6 Å². The summed E-state index contributed by atoms with van der Waals surface area (Å²) in [4.78, 5) is 14.6. The number of ether oxygens (including phenoxy) is 1. The van der Waals surface area contributed by atoms with Crippen LogP contribution in [0.5, 0.6) is 0 Å². The van der Waals surface area contributed by atoms with Gasteiger partial charge in [0.2, 0.25) is 5.95 Å². The molecule has 0 bridgehead atoms. The van der Waals surface area contributed by atoms with Gasteiger partial charge in [-0.15, -0.1) is 0 Å². The van der Waals surface area contributed by atoms with E-state index in [1.54, 1.807) is 12.4 Å². The summed E-state index contributed by atoms with van der Waals surface area (Å²) < 4.78 is 5.79. The second-order valence-electron chi connectivity index (χ2n) is 4.76. The van der Waals surface area contributed by atoms with E-state index in [1.165, 1.54) is 6.33 Å². The average molecular weight is 295 g/mol. The molecule has 1 saturated heterocycles. The van der Waals surface area contributed by atoms with Crippen LogP contribution >= 0.6 is 11.6 Å². The molecule has 3 heterocycles. The fourth-order valence-corrected chi connectivity index (χ4v) is 2.49. The first-order valence-corrected chi connectivity index (χ1v) is 6.77. The van der Waals surface area contributed by atoms with E-state index >= 15 is 0 Å². The fourth-order valence-electron chi connectivity index (χ4n) is 2.39. The van der Waals surface area contributed by atoms with Crippen molar-refractivity contribution in [2.45, 2.75) is 18.4 Å². The summed E-state index contributed by atoms with van der Waals surface area (Å²) in [6, 6.07) is 0. The lowest BCUT2D eigenvalue weighted by Crippen LogP contribution is -2.33. The lowest BCUT2D eigenvalue weighted by molar-refractivity contribution is 0.108. The third-order valence-corrected chi connectivity index (χ3v) is 3.59. The molecule has 106 valence electrons. The van der Waals surface area contributed by atoms with E-state index in [0.29, 0.717) is 17.5 Å². The SMILES string of the molecule is CN(C[C@H]1OCC[C@H]1c1ncn[nH]1)c1ncc(Cl)cn1. The van der Waals surface area contributed by atoms with Gasteiger partial charge in [0, 0.05) is 26.1 Å². The predicted octanol–water partition coefficient (Wildman–Crippen LogP) is 1.26. The Labute approximate surface area is 121 Å². The van der Waals surface area contributed by atoms with E-state index in [1.807, 2.05) is 11.9 Å². The number of hydrogen-bond donors (Lipinski definition) is 1. The maximum Gasteiger partial charge on any atom is 0.225 e. The summed E-state index contributed by atoms with van der Waals surface area (Å²) in [6.07, 6.45) is 5.69. The molecular weight excluding hydrogens is 280 g/mol. The van der Waals surface area contributed by atoms with Crippen LogP contribution in [0.4, 0.5) is 5.95 Å². The third kappa shape index (κ3) is 2.73. The van der Waals surface area contributed by atoms with E-state index in [-0.39, 0.29) is 12.0 Å². The minimum atomic E-state index is 0.0484. The highest BCUT2D eigenvalue weighted by Gasteiger charge is 2.32. The molecule has 20 heavy (non-hydrogen) atoms. The lowest BCUT2D eigenvalue weighted by Gasteiger charge is -2.23. The minimum Gasteiger partial charge on any atom is -0.376 e. The fraction of sp³-hybridized carbons (Fsp3) is 0.500. The van der Waals surface area contributed by atoms with Gasteiger partial charge in [0.15, 0.2) is 0 Å². The highest BCUT2D eigenvalue weighted by atomic mass is 35.5. The number of H-pyrrole nitrogens is 1. The Morgan fingerprint density at radius 1 is 1.40 bits per heavy atom. The van der Waals surface area contributed by atoms with Gasteiger partial charge in [0.1, 0.15) is 12.2 Å². The maximum atomic E-state index is 5.79. The Morgan fingerprint density at radius 3 is 2.90 bits per heavy atom. The molecule has 0 aliphatic carbocycles. The van der Waals surface area contributed by atoms with Crippen LogP contribution in [-0.2, 0) is 4.74 Å². The van der Waals surface area contributed by atoms with E-state index < -0.39 is 0 Å². The molecule has 0 aromatic carbocycles. The first-order valence-electron chi connectivity index (χ1n) is 6.39. The molecule has 8 heteroatoms. The highest BCUT2D eigenvalue weighted by Crippen LogP contribution is 2.29. The van der Waals surface area contributed by atoms with E-state index in [4.69, 9.17) is 16.3 Å². The van der Waals surface area contributed by atoms with Gasteiger partial charge in [-0.05, 0) is 6.42 Å². The molecule has 1 N–H and O–H groups in total. The molecule has 0 spiro atoms. The summed E-state index contributed by atoms with van der Waals surface area (Å²) in [5.41, 5.74) is 0. The molecule has 2 aromatic heterocycles. The normalized spacial score (nSPS) is 22.1. The maximum absolute atomic E-state index is 5.79. The molecule has 1 fully saturated rings. The molecule has 0 saturated carbocycles. The smallest absolute Gasteiger partial charge is 0.225 e. The van der Waals surface area contributed by atoms with Gasteiger partial charge < -0.3 is 9.64 Å². The van der Waals surface area contributed by atoms with Crippen molar-refractivity contribution in [2.75, 3.05) is 25.1 Å². The highest BCUT2D eigenvalue weighted by molar-refractivity contribution is 6.30. The second-order valence-corrected chi connectivity index (χ2v) is 5.19. The van der Waals surface area contributed by atoms with Crippen LogP contribution in [0, 0.1) is 0 Å². The van der Waals surface area contributed by atoms with Gasteiger partial charge in [-0.25, -0.2) is 15.0 Å². The number of rotatable bonds is 4. The Hall–Kier alpha value is -1.73. The second kappa shape index (κ2) is 5.72. The number of nitrogens with zero attached hydrogens (tertiary/aromatic N) is 5. The standard InChI is InChI=1S/C12H15ClN6O/c1-19(12-14-4-8(13)5-15-12)6-10-9(2-3-20-10)11-16-7-17-18-11/h4-5,7,9-10H,2-3,6H2,1H3,(H,16,17,18)/t9-,10-/m1/s1. The average Bonchev–Trinajstić information content (AvgIpc) is 3.09. The van der Waals surface area contributed by atoms with Crippen LogP contribution in [0.2, 0.25) is 5.02 Å². The van der Waals surface area contributed by atoms with E-state index in [0.717, 1.165) is 18.9 Å². The van der Waals surface area contributed by atoms with Crippen LogP contribution in [0.1, 0.15) is 18.2 Å². The van der Waals surface area contributed by atoms with Crippen molar-refractivity contribution in [1.29, 1.82) is 0 Å². The quantitative estimate of drug-likeness (QED) is 0.914. The molecule has 7 nitrogen and oxygen atoms in total. The lowest BCUT2D eigenvalue weighted by atomic mass is 10.0. The number of aromatic amines is 1. The van der Waals surface area contributed by atoms with Crippen molar-refractivity contribution in [1.82, 2.24) is 25.1 Å². The van der Waals surface area contributed by atoms with Crippen LogP contribution < -0.4 is 4.90 Å². The molecule has 2 aromatic rings. The van der Waals surface area contributed by atoms with Crippen molar-refractivity contribution in [2.24, 2.45) is 0 Å². The summed E-state index contributed by atoms with van der Waals surface area (Å²) in [6.45, 7) is 1.42. The number of hydrogen-bond acceptors (Lipinski definition) is 6. The monoisotopic (exact) mass is 294 g/mol. The number of aromatic nitrogens is 5. The Balaban J connectivity index is 1.68. The molecule has 0 radical (unpaired) electrons. The first-order chi connectivity index (χ1) is 9.74. The summed E-state index contributed by atoms with van der Waals surface area (Å²) >= 11 is 5.79. The van der Waals surface area contributed by atoms with Gasteiger partial charge in [-0.2, -0.15) is 5.10 Å². The Kier molecular flexibility index (Phi) is 3.79. The van der Waals surface area contributed by atoms with Gasteiger partial charge >= 0.3 is 0 Å². The molecule has 1 aliphatic heterocycles. The molecule has 1 aliphatic rings. The Bertz CT molecular complexity index is 546. The Morgan fingerprint density at radius 2 is 2.20 bits per heavy atom. The van der Waals surface area contributed by atoms with Gasteiger partial charge in [-0.3, -0.25) is 5.10 Å². The summed E-state index contributed by atoms with van der Waals surface area (Å²) in [5.74, 6) is 1.73. The predicted molar refractivity (Wildman–Crippen MR) is 73.8 cm³/mol. The van der Waals surface area contributed by atoms with Crippen LogP contribution in [0.3, 0.4) is 0 Å². The van der Waals surface area contributed by atoms with Crippen molar-refractivity contribution in [3.05, 3.63) is 29.6 Å². The van der Waals surface area contributed by atoms with Crippen LogP contribution in [0.15, 0.2) is 18.7 Å². The molecule has 0 unspecified atom stereocenters. The zero-order chi connectivity index (χ0) is 13.9. The number of halogens is 1. The number of anilines is 1. The summed E-state index contributed by atoms with van der Waals surface area (Å²) in [7, 11) is 1.93. The molecule has 0 amide bonds. The largest absolute Gasteiger partial charge is 0.376 e. The van der Waals surface area contributed by atoms with Crippen molar-refractivity contribution in [3.8, 4) is 0 Å². The van der Waals surface area contributed by atoms with E-state index in [9.17, 15) is 0 Å². The third-order valence-electron chi connectivity index (χ3n) is 3.40. The van der Waals surface area contributed by atoms with Crippen LogP contribution in [0.25, 0.3) is 0 Å². The number of nitrogens with one attached hydrogen (secondary N) is 1. The topological polar surface area (TPSA) is 79.8 Å². The minimum absolute atomic E-state index is 0.0484. The molecular formula is C12H15ClN6O. The molecule has 2 atom stereocenters. The zero-order valence-electron chi connectivity index (χ0n) is 11.0. The van der Waals surface area contributed by atoms with Gasteiger partial charge in [0.25, 0.3) is 0 Å². The molecule has 3 rings (SSSR count). The van der Waals surface area contributed by atoms with E-state index in [2.05, 4.69) is 25.1 Å². The van der Waals surface area contributed by atoms with Gasteiger partial charge in [0.05, 0.1) is 23.5 Å².